The topological polar surface area (TPSA) is 58.2 Å². The number of hydrogen-bond donors (Lipinski definition) is 2. The van der Waals surface area contributed by atoms with Gasteiger partial charge in [0.2, 0.25) is 10.0 Å². The minimum Gasteiger partial charge on any atom is -0.308 e. The Bertz CT molecular complexity index is 783. The second-order valence-corrected chi connectivity index (χ2v) is 7.03. The van der Waals surface area contributed by atoms with Gasteiger partial charge in [0.1, 0.15) is 5.82 Å². The smallest absolute Gasteiger partial charge is 0.240 e. The Labute approximate surface area is 141 Å². The molecule has 0 saturated carbocycles. The van der Waals surface area contributed by atoms with Crippen molar-refractivity contribution in [2.24, 2.45) is 0 Å². The zero-order valence-electron chi connectivity index (χ0n) is 12.3. The van der Waals surface area contributed by atoms with E-state index in [0.29, 0.717) is 0 Å². The van der Waals surface area contributed by atoms with Crippen molar-refractivity contribution in [3.8, 4) is 0 Å². The summed E-state index contributed by atoms with van der Waals surface area (Å²) in [4.78, 5) is -0.0587. The van der Waals surface area contributed by atoms with Gasteiger partial charge in [-0.1, -0.05) is 30.3 Å². The predicted molar refractivity (Wildman–Crippen MR) is 89.7 cm³/mol. The third kappa shape index (κ3) is 4.09. The number of rotatable bonds is 4. The van der Waals surface area contributed by atoms with Gasteiger partial charge >= 0.3 is 0 Å². The average molecular weight is 357 g/mol. The molecule has 0 radical (unpaired) electrons. The van der Waals surface area contributed by atoms with Crippen LogP contribution >= 0.6 is 12.4 Å². The first-order chi connectivity index (χ1) is 10.6. The summed E-state index contributed by atoms with van der Waals surface area (Å²) < 4.78 is 40.2. The minimum atomic E-state index is -3.71. The number of fused-ring (bicyclic) bond motifs is 1. The van der Waals surface area contributed by atoms with E-state index < -0.39 is 15.8 Å². The molecule has 1 aliphatic rings. The van der Waals surface area contributed by atoms with Crippen molar-refractivity contribution < 1.29 is 12.8 Å². The highest BCUT2D eigenvalue weighted by molar-refractivity contribution is 7.89. The van der Waals surface area contributed by atoms with Crippen molar-refractivity contribution in [2.75, 3.05) is 13.1 Å². The van der Waals surface area contributed by atoms with Gasteiger partial charge in [0.05, 0.1) is 4.90 Å². The van der Waals surface area contributed by atoms with Crippen LogP contribution in [-0.4, -0.2) is 21.5 Å². The quantitative estimate of drug-likeness (QED) is 0.884. The summed E-state index contributed by atoms with van der Waals surface area (Å²) in [5, 5.41) is 3.31. The second-order valence-electron chi connectivity index (χ2n) is 5.26. The zero-order chi connectivity index (χ0) is 15.6. The van der Waals surface area contributed by atoms with E-state index in [9.17, 15) is 12.8 Å². The fourth-order valence-electron chi connectivity index (χ4n) is 2.69. The van der Waals surface area contributed by atoms with Crippen molar-refractivity contribution in [2.45, 2.75) is 17.4 Å². The summed E-state index contributed by atoms with van der Waals surface area (Å²) in [7, 11) is -3.71. The van der Waals surface area contributed by atoms with E-state index in [1.54, 1.807) is 0 Å². The molecule has 0 aliphatic carbocycles. The molecule has 23 heavy (non-hydrogen) atoms. The second kappa shape index (κ2) is 7.40. The van der Waals surface area contributed by atoms with Crippen LogP contribution < -0.4 is 10.0 Å². The fourth-order valence-corrected chi connectivity index (χ4v) is 3.76. The van der Waals surface area contributed by atoms with Crippen molar-refractivity contribution in [1.29, 1.82) is 0 Å². The SMILES string of the molecule is Cl.O=S(=O)(NCC1NCCc2ccccc21)c1cccc(F)c1. The highest BCUT2D eigenvalue weighted by atomic mass is 35.5. The Balaban J connectivity index is 0.00000192. The van der Waals surface area contributed by atoms with Crippen LogP contribution in [0.5, 0.6) is 0 Å². The molecule has 0 fully saturated rings. The first-order valence-corrected chi connectivity index (χ1v) is 8.61. The van der Waals surface area contributed by atoms with E-state index in [1.165, 1.54) is 23.8 Å². The van der Waals surface area contributed by atoms with E-state index in [-0.39, 0.29) is 29.9 Å². The van der Waals surface area contributed by atoms with Gasteiger partial charge in [0.25, 0.3) is 0 Å². The molecule has 0 saturated heterocycles. The Morgan fingerprint density at radius 3 is 2.74 bits per heavy atom. The molecule has 1 heterocycles. The van der Waals surface area contributed by atoms with Gasteiger partial charge in [-0.2, -0.15) is 0 Å². The molecule has 4 nitrogen and oxygen atoms in total. The number of hydrogen-bond acceptors (Lipinski definition) is 3. The summed E-state index contributed by atoms with van der Waals surface area (Å²) in [5.41, 5.74) is 2.34. The molecule has 0 amide bonds. The summed E-state index contributed by atoms with van der Waals surface area (Å²) in [6, 6.07) is 12.9. The Morgan fingerprint density at radius 2 is 1.96 bits per heavy atom. The third-order valence-electron chi connectivity index (χ3n) is 3.80. The first-order valence-electron chi connectivity index (χ1n) is 7.13. The Hall–Kier alpha value is -1.47. The van der Waals surface area contributed by atoms with Crippen molar-refractivity contribution >= 4 is 22.4 Å². The van der Waals surface area contributed by atoms with Gasteiger partial charge in [0.15, 0.2) is 0 Å². The number of nitrogens with one attached hydrogen (secondary N) is 2. The fraction of sp³-hybridized carbons (Fsp3) is 0.250. The number of sulfonamides is 1. The van der Waals surface area contributed by atoms with Gasteiger partial charge in [-0.3, -0.25) is 0 Å². The normalized spacial score (nSPS) is 17.2. The zero-order valence-corrected chi connectivity index (χ0v) is 14.0. The Morgan fingerprint density at radius 1 is 1.17 bits per heavy atom. The predicted octanol–water partition coefficient (Wildman–Crippen LogP) is 2.41. The van der Waals surface area contributed by atoms with E-state index in [2.05, 4.69) is 16.1 Å². The molecular formula is C16H18ClFN2O2S. The van der Waals surface area contributed by atoms with E-state index >= 15 is 0 Å². The maximum Gasteiger partial charge on any atom is 0.240 e. The minimum absolute atomic E-state index is 0. The van der Waals surface area contributed by atoms with Gasteiger partial charge in [-0.25, -0.2) is 17.5 Å². The summed E-state index contributed by atoms with van der Waals surface area (Å²) in [6.45, 7) is 1.04. The lowest BCUT2D eigenvalue weighted by Gasteiger charge is -2.27. The standard InChI is InChI=1S/C16H17FN2O2S.ClH/c17-13-5-3-6-14(10-13)22(20,21)19-11-16-15-7-2-1-4-12(15)8-9-18-16;/h1-7,10,16,18-19H,8-9,11H2;1H. The molecule has 1 atom stereocenters. The van der Waals surface area contributed by atoms with Crippen molar-refractivity contribution in [3.63, 3.8) is 0 Å². The average Bonchev–Trinajstić information content (AvgIpc) is 2.53. The molecule has 0 bridgehead atoms. The van der Waals surface area contributed by atoms with E-state index in [0.717, 1.165) is 24.6 Å². The lowest BCUT2D eigenvalue weighted by molar-refractivity contribution is 0.491. The van der Waals surface area contributed by atoms with Gasteiger partial charge in [0, 0.05) is 12.6 Å². The first kappa shape index (κ1) is 17.9. The van der Waals surface area contributed by atoms with Crippen LogP contribution in [0, 0.1) is 5.82 Å². The molecule has 2 aromatic rings. The Kier molecular flexibility index (Phi) is 5.75. The summed E-state index contributed by atoms with van der Waals surface area (Å²) in [5.74, 6) is -0.566. The maximum absolute atomic E-state index is 13.2. The molecule has 7 heteroatoms. The molecule has 1 unspecified atom stereocenters. The molecule has 0 aromatic heterocycles. The van der Waals surface area contributed by atoms with Crippen LogP contribution in [0.4, 0.5) is 4.39 Å². The number of halogens is 2. The molecule has 1 aliphatic heterocycles. The largest absolute Gasteiger partial charge is 0.308 e. The highest BCUT2D eigenvalue weighted by Crippen LogP contribution is 2.22. The van der Waals surface area contributed by atoms with Crippen LogP contribution in [-0.2, 0) is 16.4 Å². The highest BCUT2D eigenvalue weighted by Gasteiger charge is 2.22. The molecule has 2 N–H and O–H groups in total. The molecule has 3 rings (SSSR count). The lowest BCUT2D eigenvalue weighted by Crippen LogP contribution is -2.38. The molecule has 2 aromatic carbocycles. The summed E-state index contributed by atoms with van der Waals surface area (Å²) >= 11 is 0. The van der Waals surface area contributed by atoms with Gasteiger partial charge in [-0.05, 0) is 42.3 Å². The van der Waals surface area contributed by atoms with Crippen LogP contribution in [0.2, 0.25) is 0 Å². The van der Waals surface area contributed by atoms with Gasteiger partial charge in [-0.15, -0.1) is 12.4 Å². The van der Waals surface area contributed by atoms with Gasteiger partial charge < -0.3 is 5.32 Å². The van der Waals surface area contributed by atoms with Crippen LogP contribution in [0.25, 0.3) is 0 Å². The van der Waals surface area contributed by atoms with Crippen LogP contribution in [0.3, 0.4) is 0 Å². The summed E-state index contributed by atoms with van der Waals surface area (Å²) in [6.07, 6.45) is 0.934. The van der Waals surface area contributed by atoms with Crippen molar-refractivity contribution in [3.05, 3.63) is 65.5 Å². The van der Waals surface area contributed by atoms with Crippen molar-refractivity contribution in [1.82, 2.24) is 10.0 Å². The number of benzene rings is 2. The van der Waals surface area contributed by atoms with E-state index in [4.69, 9.17) is 0 Å². The lowest BCUT2D eigenvalue weighted by atomic mass is 9.95. The van der Waals surface area contributed by atoms with Crippen LogP contribution in [0.15, 0.2) is 53.4 Å². The monoisotopic (exact) mass is 356 g/mol. The van der Waals surface area contributed by atoms with E-state index in [1.807, 2.05) is 18.2 Å². The van der Waals surface area contributed by atoms with Crippen LogP contribution in [0.1, 0.15) is 17.2 Å². The maximum atomic E-state index is 13.2. The third-order valence-corrected chi connectivity index (χ3v) is 5.22. The molecular weight excluding hydrogens is 339 g/mol. The molecule has 124 valence electrons. The molecule has 0 spiro atoms.